The smallest absolute Gasteiger partial charge is 0.253 e. The number of methoxy groups -OCH3 is 1. The van der Waals surface area contributed by atoms with Crippen LogP contribution in [-0.4, -0.2) is 31.7 Å². The molecular weight excluding hydrogens is 264 g/mol. The molecule has 1 amide bonds. The Balaban J connectivity index is 2.05. The number of aryl methyl sites for hydroxylation is 1. The van der Waals surface area contributed by atoms with Gasteiger partial charge in [-0.15, -0.1) is 0 Å². The van der Waals surface area contributed by atoms with Gasteiger partial charge in [-0.2, -0.15) is 0 Å². The molecule has 0 bridgehead atoms. The second-order valence-corrected chi connectivity index (χ2v) is 5.90. The summed E-state index contributed by atoms with van der Waals surface area (Å²) < 4.78 is 5.55. The topological polar surface area (TPSA) is 50.4 Å². The highest BCUT2D eigenvalue weighted by Gasteiger charge is 2.37. The van der Waals surface area contributed by atoms with E-state index in [-0.39, 0.29) is 11.5 Å². The minimum absolute atomic E-state index is 0.0272. The van der Waals surface area contributed by atoms with E-state index in [4.69, 9.17) is 4.74 Å². The van der Waals surface area contributed by atoms with Crippen molar-refractivity contribution in [2.45, 2.75) is 45.1 Å². The second kappa shape index (κ2) is 6.94. The molecular formula is C17H26N2O2. The lowest BCUT2D eigenvalue weighted by atomic mass is 9.80. The quantitative estimate of drug-likeness (QED) is 0.811. The Morgan fingerprint density at radius 3 is 2.71 bits per heavy atom. The molecule has 0 aliphatic heterocycles. The molecule has 4 nitrogen and oxygen atoms in total. The summed E-state index contributed by atoms with van der Waals surface area (Å²) in [7, 11) is 1.73. The Bertz CT molecular complexity index is 490. The van der Waals surface area contributed by atoms with E-state index in [1.165, 1.54) is 6.42 Å². The standard InChI is InChI=1S/C17H26N2O2/c1-4-10-18-15-7-6-13(2)11-14(15)16(20)19-12-17(21-3)8-5-9-17/h6-7,11,18H,4-5,8-10,12H2,1-3H3,(H,19,20). The lowest BCUT2D eigenvalue weighted by molar-refractivity contribution is -0.0679. The van der Waals surface area contributed by atoms with Crippen molar-refractivity contribution in [1.82, 2.24) is 5.32 Å². The van der Waals surface area contributed by atoms with Crippen LogP contribution in [0, 0.1) is 6.92 Å². The molecule has 1 aromatic carbocycles. The fraction of sp³-hybridized carbons (Fsp3) is 0.588. The van der Waals surface area contributed by atoms with Crippen molar-refractivity contribution in [3.8, 4) is 0 Å². The number of anilines is 1. The molecule has 1 aliphatic rings. The molecule has 4 heteroatoms. The van der Waals surface area contributed by atoms with Gasteiger partial charge in [-0.3, -0.25) is 4.79 Å². The molecule has 21 heavy (non-hydrogen) atoms. The van der Waals surface area contributed by atoms with E-state index in [0.717, 1.165) is 37.1 Å². The SMILES string of the molecule is CCCNc1ccc(C)cc1C(=O)NCC1(OC)CCC1. The van der Waals surface area contributed by atoms with E-state index in [0.29, 0.717) is 12.1 Å². The molecule has 2 rings (SSSR count). The molecule has 0 saturated heterocycles. The summed E-state index contributed by atoms with van der Waals surface area (Å²) in [5.74, 6) is -0.0272. The number of rotatable bonds is 7. The Morgan fingerprint density at radius 1 is 1.38 bits per heavy atom. The maximum atomic E-state index is 12.5. The van der Waals surface area contributed by atoms with Crippen LogP contribution in [0.2, 0.25) is 0 Å². The zero-order valence-electron chi connectivity index (χ0n) is 13.3. The molecule has 1 fully saturated rings. The minimum atomic E-state index is -0.142. The maximum absolute atomic E-state index is 12.5. The summed E-state index contributed by atoms with van der Waals surface area (Å²) in [5, 5.41) is 6.35. The highest BCUT2D eigenvalue weighted by Crippen LogP contribution is 2.34. The fourth-order valence-corrected chi connectivity index (χ4v) is 2.62. The molecule has 1 saturated carbocycles. The van der Waals surface area contributed by atoms with Gasteiger partial charge in [-0.1, -0.05) is 18.6 Å². The highest BCUT2D eigenvalue weighted by molar-refractivity contribution is 5.99. The van der Waals surface area contributed by atoms with Crippen LogP contribution in [0.25, 0.3) is 0 Å². The van der Waals surface area contributed by atoms with Crippen LogP contribution in [0.15, 0.2) is 18.2 Å². The first-order valence-corrected chi connectivity index (χ1v) is 7.78. The van der Waals surface area contributed by atoms with Crippen molar-refractivity contribution in [1.29, 1.82) is 0 Å². The number of hydrogen-bond acceptors (Lipinski definition) is 3. The van der Waals surface area contributed by atoms with Gasteiger partial charge in [0.15, 0.2) is 0 Å². The van der Waals surface area contributed by atoms with Gasteiger partial charge in [-0.05, 0) is 44.7 Å². The Morgan fingerprint density at radius 2 is 2.14 bits per heavy atom. The van der Waals surface area contributed by atoms with Gasteiger partial charge in [0.25, 0.3) is 5.91 Å². The lowest BCUT2D eigenvalue weighted by Gasteiger charge is -2.40. The van der Waals surface area contributed by atoms with Gasteiger partial charge in [-0.25, -0.2) is 0 Å². The summed E-state index contributed by atoms with van der Waals surface area (Å²) in [6, 6.07) is 5.94. The largest absolute Gasteiger partial charge is 0.384 e. The monoisotopic (exact) mass is 290 g/mol. The van der Waals surface area contributed by atoms with Crippen LogP contribution in [0.5, 0.6) is 0 Å². The molecule has 116 valence electrons. The number of amides is 1. The average Bonchev–Trinajstić information content (AvgIpc) is 2.45. The number of hydrogen-bond donors (Lipinski definition) is 2. The lowest BCUT2D eigenvalue weighted by Crippen LogP contribution is -2.49. The molecule has 1 aliphatic carbocycles. The number of nitrogens with one attached hydrogen (secondary N) is 2. The first-order valence-electron chi connectivity index (χ1n) is 7.78. The van der Waals surface area contributed by atoms with Crippen molar-refractivity contribution >= 4 is 11.6 Å². The van der Waals surface area contributed by atoms with Gasteiger partial charge < -0.3 is 15.4 Å². The van der Waals surface area contributed by atoms with Crippen LogP contribution < -0.4 is 10.6 Å². The number of benzene rings is 1. The van der Waals surface area contributed by atoms with Gasteiger partial charge in [0.05, 0.1) is 11.2 Å². The van der Waals surface area contributed by atoms with Crippen LogP contribution >= 0.6 is 0 Å². The Kier molecular flexibility index (Phi) is 5.23. The normalized spacial score (nSPS) is 16.1. The fourth-order valence-electron chi connectivity index (χ4n) is 2.62. The highest BCUT2D eigenvalue weighted by atomic mass is 16.5. The zero-order valence-corrected chi connectivity index (χ0v) is 13.3. The molecule has 0 atom stereocenters. The van der Waals surface area contributed by atoms with Crippen LogP contribution in [0.3, 0.4) is 0 Å². The van der Waals surface area contributed by atoms with Gasteiger partial charge in [0.2, 0.25) is 0 Å². The van der Waals surface area contributed by atoms with Crippen LogP contribution in [0.4, 0.5) is 5.69 Å². The Labute approximate surface area is 127 Å². The molecule has 0 heterocycles. The van der Waals surface area contributed by atoms with E-state index in [1.807, 2.05) is 25.1 Å². The maximum Gasteiger partial charge on any atom is 0.253 e. The summed E-state index contributed by atoms with van der Waals surface area (Å²) in [6.45, 7) is 5.57. The van der Waals surface area contributed by atoms with Gasteiger partial charge >= 0.3 is 0 Å². The molecule has 0 radical (unpaired) electrons. The number of carbonyl (C=O) groups is 1. The van der Waals surface area contributed by atoms with E-state index in [1.54, 1.807) is 7.11 Å². The summed E-state index contributed by atoms with van der Waals surface area (Å²) in [6.07, 6.45) is 4.26. The van der Waals surface area contributed by atoms with Crippen molar-refractivity contribution in [3.63, 3.8) is 0 Å². The van der Waals surface area contributed by atoms with Crippen molar-refractivity contribution in [3.05, 3.63) is 29.3 Å². The summed E-state index contributed by atoms with van der Waals surface area (Å²) >= 11 is 0. The molecule has 0 spiro atoms. The first kappa shape index (κ1) is 15.8. The van der Waals surface area contributed by atoms with Crippen molar-refractivity contribution in [2.24, 2.45) is 0 Å². The van der Waals surface area contributed by atoms with Crippen LogP contribution in [-0.2, 0) is 4.74 Å². The van der Waals surface area contributed by atoms with E-state index in [2.05, 4.69) is 17.6 Å². The zero-order chi connectivity index (χ0) is 15.3. The van der Waals surface area contributed by atoms with Crippen molar-refractivity contribution in [2.75, 3.05) is 25.5 Å². The van der Waals surface area contributed by atoms with Crippen molar-refractivity contribution < 1.29 is 9.53 Å². The summed E-state index contributed by atoms with van der Waals surface area (Å²) in [4.78, 5) is 12.5. The molecule has 0 unspecified atom stereocenters. The molecule has 0 aromatic heterocycles. The van der Waals surface area contributed by atoms with E-state index in [9.17, 15) is 4.79 Å². The molecule has 2 N–H and O–H groups in total. The second-order valence-electron chi connectivity index (χ2n) is 5.90. The van der Waals surface area contributed by atoms with E-state index < -0.39 is 0 Å². The van der Waals surface area contributed by atoms with Crippen LogP contribution in [0.1, 0.15) is 48.5 Å². The molecule has 1 aromatic rings. The summed E-state index contributed by atoms with van der Waals surface area (Å²) in [5.41, 5.74) is 2.57. The number of ether oxygens (including phenoxy) is 1. The average molecular weight is 290 g/mol. The predicted octanol–water partition coefficient (Wildman–Crippen LogP) is 3.12. The third kappa shape index (κ3) is 3.76. The minimum Gasteiger partial charge on any atom is -0.384 e. The van der Waals surface area contributed by atoms with Gasteiger partial charge in [0.1, 0.15) is 0 Å². The Hall–Kier alpha value is -1.55. The van der Waals surface area contributed by atoms with E-state index >= 15 is 0 Å². The number of carbonyl (C=O) groups excluding carboxylic acids is 1. The first-order chi connectivity index (χ1) is 10.1. The predicted molar refractivity (Wildman–Crippen MR) is 85.9 cm³/mol. The third-order valence-corrected chi connectivity index (χ3v) is 4.25. The third-order valence-electron chi connectivity index (χ3n) is 4.25. The van der Waals surface area contributed by atoms with Gasteiger partial charge in [0, 0.05) is 25.9 Å².